The smallest absolute Gasteiger partial charge is 0.306 e. The van der Waals surface area contributed by atoms with E-state index >= 15 is 0 Å². The first-order chi connectivity index (χ1) is 4.71. The SMILES string of the molecule is C[C@]12CCC[C@@H]1OC(=O)C2. The molecule has 2 heteroatoms. The molecule has 2 aliphatic rings. The van der Waals surface area contributed by atoms with Gasteiger partial charge in [0, 0.05) is 5.41 Å². The summed E-state index contributed by atoms with van der Waals surface area (Å²) in [6.45, 7) is 2.16. The van der Waals surface area contributed by atoms with Crippen LogP contribution in [0.25, 0.3) is 0 Å². The van der Waals surface area contributed by atoms with Gasteiger partial charge in [0.15, 0.2) is 0 Å². The zero-order valence-electron chi connectivity index (χ0n) is 6.22. The second-order valence-electron chi connectivity index (χ2n) is 3.70. The fraction of sp³-hybridized carbons (Fsp3) is 0.875. The molecule has 0 spiro atoms. The van der Waals surface area contributed by atoms with Crippen LogP contribution in [-0.4, -0.2) is 12.1 Å². The maximum atomic E-state index is 10.8. The largest absolute Gasteiger partial charge is 0.462 e. The van der Waals surface area contributed by atoms with Gasteiger partial charge in [-0.25, -0.2) is 0 Å². The lowest BCUT2D eigenvalue weighted by atomic mass is 9.85. The Morgan fingerprint density at radius 1 is 1.70 bits per heavy atom. The lowest BCUT2D eigenvalue weighted by Gasteiger charge is -2.18. The fourth-order valence-electron chi connectivity index (χ4n) is 2.13. The number of carbonyl (C=O) groups excluding carboxylic acids is 1. The minimum Gasteiger partial charge on any atom is -0.462 e. The number of fused-ring (bicyclic) bond motifs is 1. The second-order valence-corrected chi connectivity index (χ2v) is 3.70. The molecule has 0 N–H and O–H groups in total. The van der Waals surface area contributed by atoms with Gasteiger partial charge in [0.2, 0.25) is 0 Å². The Labute approximate surface area is 60.6 Å². The number of rotatable bonds is 0. The second kappa shape index (κ2) is 1.74. The van der Waals surface area contributed by atoms with Gasteiger partial charge in [-0.15, -0.1) is 0 Å². The number of hydrogen-bond donors (Lipinski definition) is 0. The molecule has 0 aromatic carbocycles. The van der Waals surface area contributed by atoms with Crippen molar-refractivity contribution < 1.29 is 9.53 Å². The van der Waals surface area contributed by atoms with Crippen LogP contribution in [-0.2, 0) is 9.53 Å². The molecular formula is C8H12O2. The van der Waals surface area contributed by atoms with Crippen molar-refractivity contribution in [1.29, 1.82) is 0 Å². The van der Waals surface area contributed by atoms with Gasteiger partial charge < -0.3 is 4.74 Å². The van der Waals surface area contributed by atoms with E-state index in [1.807, 2.05) is 0 Å². The Bertz CT molecular complexity index is 176. The van der Waals surface area contributed by atoms with Crippen LogP contribution < -0.4 is 0 Å². The van der Waals surface area contributed by atoms with E-state index in [9.17, 15) is 4.79 Å². The topological polar surface area (TPSA) is 26.3 Å². The number of carbonyl (C=O) groups is 1. The molecule has 2 nitrogen and oxygen atoms in total. The standard InChI is InChI=1S/C8H12O2/c1-8-4-2-3-6(8)10-7(9)5-8/h6H,2-5H2,1H3/t6-,8+/m0/s1. The first kappa shape index (κ1) is 6.20. The minimum absolute atomic E-state index is 0.00667. The van der Waals surface area contributed by atoms with Crippen molar-refractivity contribution in [1.82, 2.24) is 0 Å². The number of ether oxygens (including phenoxy) is 1. The van der Waals surface area contributed by atoms with E-state index in [-0.39, 0.29) is 17.5 Å². The average molecular weight is 140 g/mol. The molecule has 1 heterocycles. The van der Waals surface area contributed by atoms with Gasteiger partial charge in [-0.2, -0.15) is 0 Å². The number of hydrogen-bond acceptors (Lipinski definition) is 2. The van der Waals surface area contributed by atoms with E-state index in [0.29, 0.717) is 6.42 Å². The maximum Gasteiger partial charge on any atom is 0.306 e. The predicted octanol–water partition coefficient (Wildman–Crippen LogP) is 1.49. The highest BCUT2D eigenvalue weighted by atomic mass is 16.6. The van der Waals surface area contributed by atoms with E-state index in [1.54, 1.807) is 0 Å². The molecule has 0 unspecified atom stereocenters. The molecule has 1 saturated carbocycles. The predicted molar refractivity (Wildman–Crippen MR) is 36.5 cm³/mol. The van der Waals surface area contributed by atoms with Gasteiger partial charge in [-0.05, 0) is 19.3 Å². The molecular weight excluding hydrogens is 128 g/mol. The van der Waals surface area contributed by atoms with Crippen molar-refractivity contribution in [3.63, 3.8) is 0 Å². The zero-order chi connectivity index (χ0) is 7.19. The van der Waals surface area contributed by atoms with Crippen LogP contribution in [0, 0.1) is 5.41 Å². The van der Waals surface area contributed by atoms with E-state index in [0.717, 1.165) is 6.42 Å². The summed E-state index contributed by atoms with van der Waals surface area (Å²) in [5.41, 5.74) is 0.205. The summed E-state index contributed by atoms with van der Waals surface area (Å²) >= 11 is 0. The molecule has 0 bridgehead atoms. The van der Waals surface area contributed by atoms with Crippen molar-refractivity contribution in [2.45, 2.75) is 38.7 Å². The van der Waals surface area contributed by atoms with Crippen LogP contribution >= 0.6 is 0 Å². The first-order valence-corrected chi connectivity index (χ1v) is 3.90. The van der Waals surface area contributed by atoms with Gasteiger partial charge in [0.05, 0.1) is 6.42 Å². The van der Waals surface area contributed by atoms with Crippen LogP contribution in [0.1, 0.15) is 32.6 Å². The van der Waals surface area contributed by atoms with Gasteiger partial charge in [0.1, 0.15) is 6.10 Å². The monoisotopic (exact) mass is 140 g/mol. The number of esters is 1. The Morgan fingerprint density at radius 2 is 2.50 bits per heavy atom. The molecule has 10 heavy (non-hydrogen) atoms. The highest BCUT2D eigenvalue weighted by Crippen LogP contribution is 2.47. The van der Waals surface area contributed by atoms with Crippen molar-refractivity contribution in [3.8, 4) is 0 Å². The third-order valence-corrected chi connectivity index (χ3v) is 2.81. The van der Waals surface area contributed by atoms with Gasteiger partial charge in [-0.3, -0.25) is 4.79 Å². The Hall–Kier alpha value is -0.530. The molecule has 0 radical (unpaired) electrons. The van der Waals surface area contributed by atoms with Gasteiger partial charge >= 0.3 is 5.97 Å². The molecule has 56 valence electrons. The van der Waals surface area contributed by atoms with E-state index in [2.05, 4.69) is 6.92 Å². The maximum absolute atomic E-state index is 10.8. The van der Waals surface area contributed by atoms with Crippen molar-refractivity contribution in [2.24, 2.45) is 5.41 Å². The Kier molecular flexibility index (Phi) is 1.08. The molecule has 1 aliphatic carbocycles. The van der Waals surface area contributed by atoms with Gasteiger partial charge in [-0.1, -0.05) is 6.92 Å². The van der Waals surface area contributed by atoms with Crippen LogP contribution in [0.3, 0.4) is 0 Å². The van der Waals surface area contributed by atoms with Crippen LogP contribution in [0.5, 0.6) is 0 Å². The first-order valence-electron chi connectivity index (χ1n) is 3.90. The Morgan fingerprint density at radius 3 is 3.20 bits per heavy atom. The summed E-state index contributed by atoms with van der Waals surface area (Å²) in [4.78, 5) is 10.8. The normalized spacial score (nSPS) is 45.3. The lowest BCUT2D eigenvalue weighted by molar-refractivity contribution is -0.141. The molecule has 0 aromatic rings. The molecule has 1 aliphatic heterocycles. The third-order valence-electron chi connectivity index (χ3n) is 2.81. The molecule has 0 aromatic heterocycles. The summed E-state index contributed by atoms with van der Waals surface area (Å²) in [5, 5.41) is 0. The highest BCUT2D eigenvalue weighted by Gasteiger charge is 2.48. The van der Waals surface area contributed by atoms with E-state index < -0.39 is 0 Å². The van der Waals surface area contributed by atoms with Crippen molar-refractivity contribution >= 4 is 5.97 Å². The zero-order valence-corrected chi connectivity index (χ0v) is 6.22. The lowest BCUT2D eigenvalue weighted by Crippen LogP contribution is -2.20. The minimum atomic E-state index is 0.00667. The van der Waals surface area contributed by atoms with E-state index in [1.165, 1.54) is 12.8 Å². The van der Waals surface area contributed by atoms with Crippen LogP contribution in [0.2, 0.25) is 0 Å². The summed E-state index contributed by atoms with van der Waals surface area (Å²) in [6.07, 6.45) is 4.39. The van der Waals surface area contributed by atoms with Crippen LogP contribution in [0.15, 0.2) is 0 Å². The average Bonchev–Trinajstić information content (AvgIpc) is 2.20. The summed E-state index contributed by atoms with van der Waals surface area (Å²) in [7, 11) is 0. The van der Waals surface area contributed by atoms with Crippen molar-refractivity contribution in [3.05, 3.63) is 0 Å². The van der Waals surface area contributed by atoms with Gasteiger partial charge in [0.25, 0.3) is 0 Å². The molecule has 2 rings (SSSR count). The van der Waals surface area contributed by atoms with Crippen LogP contribution in [0.4, 0.5) is 0 Å². The third kappa shape index (κ3) is 0.678. The molecule has 2 fully saturated rings. The summed E-state index contributed by atoms with van der Waals surface area (Å²) in [6, 6.07) is 0. The highest BCUT2D eigenvalue weighted by molar-refractivity contribution is 5.73. The molecule has 0 amide bonds. The van der Waals surface area contributed by atoms with Crippen molar-refractivity contribution in [2.75, 3.05) is 0 Å². The summed E-state index contributed by atoms with van der Waals surface area (Å²) < 4.78 is 5.15. The quantitative estimate of drug-likeness (QED) is 0.476. The van der Waals surface area contributed by atoms with E-state index in [4.69, 9.17) is 4.74 Å². The molecule has 2 atom stereocenters. The Balaban J connectivity index is 2.22. The molecule has 1 saturated heterocycles. The fourth-order valence-corrected chi connectivity index (χ4v) is 2.13. The summed E-state index contributed by atoms with van der Waals surface area (Å²) in [5.74, 6) is 0.00667.